The molecular formula is C29H26O6. The summed E-state index contributed by atoms with van der Waals surface area (Å²) in [6.07, 6.45) is 3.84. The van der Waals surface area contributed by atoms with Crippen LogP contribution in [0.1, 0.15) is 35.7 Å². The molecule has 6 heteroatoms. The van der Waals surface area contributed by atoms with Crippen LogP contribution in [0.2, 0.25) is 0 Å². The van der Waals surface area contributed by atoms with Crippen LogP contribution < -0.4 is 19.6 Å². The fourth-order valence-corrected chi connectivity index (χ4v) is 4.18. The van der Waals surface area contributed by atoms with Crippen LogP contribution >= 0.6 is 0 Å². The molecule has 3 aromatic carbocycles. The van der Waals surface area contributed by atoms with Crippen LogP contribution in [0.25, 0.3) is 22.1 Å². The third-order valence-electron chi connectivity index (χ3n) is 5.99. The van der Waals surface area contributed by atoms with Crippen molar-refractivity contribution in [2.75, 3.05) is 19.8 Å². The lowest BCUT2D eigenvalue weighted by molar-refractivity contribution is 0.0921. The molecule has 6 nitrogen and oxygen atoms in total. The predicted molar refractivity (Wildman–Crippen MR) is 134 cm³/mol. The molecule has 0 saturated heterocycles. The van der Waals surface area contributed by atoms with E-state index in [0.717, 1.165) is 18.4 Å². The van der Waals surface area contributed by atoms with Crippen LogP contribution in [-0.4, -0.2) is 25.6 Å². The summed E-state index contributed by atoms with van der Waals surface area (Å²) in [5, 5.41) is 0.472. The molecule has 0 atom stereocenters. The summed E-state index contributed by atoms with van der Waals surface area (Å²) in [6, 6.07) is 18.0. The van der Waals surface area contributed by atoms with Crippen LogP contribution in [0.5, 0.6) is 17.2 Å². The predicted octanol–water partition coefficient (Wildman–Crippen LogP) is 5.84. The van der Waals surface area contributed by atoms with Gasteiger partial charge in [-0.1, -0.05) is 49.7 Å². The number of carbonyl (C=O) groups is 1. The Morgan fingerprint density at radius 3 is 2.57 bits per heavy atom. The molecule has 178 valence electrons. The van der Waals surface area contributed by atoms with E-state index in [1.54, 1.807) is 18.2 Å². The van der Waals surface area contributed by atoms with Gasteiger partial charge in [0, 0.05) is 18.1 Å². The number of rotatable bonds is 7. The van der Waals surface area contributed by atoms with Gasteiger partial charge in [0.1, 0.15) is 17.6 Å². The minimum atomic E-state index is -0.134. The van der Waals surface area contributed by atoms with E-state index in [-0.39, 0.29) is 17.8 Å². The SMILES string of the molecule is CCCc1cc2c(=O)c(-c3ccc4c(c3)OCCCO4)coc2cc1OCC(=O)c1ccccc1. The highest BCUT2D eigenvalue weighted by Crippen LogP contribution is 2.34. The van der Waals surface area contributed by atoms with Crippen molar-refractivity contribution in [2.24, 2.45) is 0 Å². The molecule has 0 saturated carbocycles. The molecule has 0 fully saturated rings. The lowest BCUT2D eigenvalue weighted by Crippen LogP contribution is -2.13. The zero-order chi connectivity index (χ0) is 24.2. The molecule has 0 amide bonds. The van der Waals surface area contributed by atoms with Crippen LogP contribution in [-0.2, 0) is 6.42 Å². The molecule has 0 bridgehead atoms. The maximum absolute atomic E-state index is 13.5. The normalized spacial score (nSPS) is 12.8. The van der Waals surface area contributed by atoms with E-state index in [1.165, 1.54) is 6.26 Å². The van der Waals surface area contributed by atoms with Crippen molar-refractivity contribution in [1.82, 2.24) is 0 Å². The Hall–Kier alpha value is -4.06. The van der Waals surface area contributed by atoms with Gasteiger partial charge in [-0.25, -0.2) is 0 Å². The first-order valence-corrected chi connectivity index (χ1v) is 11.8. The van der Waals surface area contributed by atoms with Crippen molar-refractivity contribution < 1.29 is 23.4 Å². The molecular weight excluding hydrogens is 444 g/mol. The van der Waals surface area contributed by atoms with Gasteiger partial charge in [-0.2, -0.15) is 0 Å². The third-order valence-corrected chi connectivity index (χ3v) is 5.99. The molecule has 5 rings (SSSR count). The number of ketones is 1. The highest BCUT2D eigenvalue weighted by atomic mass is 16.5. The lowest BCUT2D eigenvalue weighted by atomic mass is 10.0. The van der Waals surface area contributed by atoms with Crippen molar-refractivity contribution in [3.8, 4) is 28.4 Å². The Bertz CT molecular complexity index is 1420. The number of hydrogen-bond acceptors (Lipinski definition) is 6. The minimum Gasteiger partial charge on any atom is -0.490 e. The number of fused-ring (bicyclic) bond motifs is 2. The summed E-state index contributed by atoms with van der Waals surface area (Å²) < 4.78 is 23.3. The number of aryl methyl sites for hydroxylation is 1. The summed E-state index contributed by atoms with van der Waals surface area (Å²) in [6.45, 7) is 3.14. The zero-order valence-corrected chi connectivity index (χ0v) is 19.5. The maximum Gasteiger partial charge on any atom is 0.200 e. The van der Waals surface area contributed by atoms with Gasteiger partial charge in [0.2, 0.25) is 5.43 Å². The molecule has 4 aromatic rings. The zero-order valence-electron chi connectivity index (χ0n) is 19.5. The smallest absolute Gasteiger partial charge is 0.200 e. The first-order chi connectivity index (χ1) is 17.1. The first kappa shape index (κ1) is 22.7. The second-order valence-corrected chi connectivity index (χ2v) is 8.47. The highest BCUT2D eigenvalue weighted by molar-refractivity contribution is 5.97. The van der Waals surface area contributed by atoms with Crippen molar-refractivity contribution in [3.63, 3.8) is 0 Å². The van der Waals surface area contributed by atoms with Gasteiger partial charge in [-0.15, -0.1) is 0 Å². The molecule has 0 spiro atoms. The fraction of sp³-hybridized carbons (Fsp3) is 0.241. The first-order valence-electron chi connectivity index (χ1n) is 11.8. The molecule has 0 unspecified atom stereocenters. The van der Waals surface area contributed by atoms with Crippen LogP contribution in [0.4, 0.5) is 0 Å². The van der Waals surface area contributed by atoms with Gasteiger partial charge in [0.15, 0.2) is 23.9 Å². The summed E-state index contributed by atoms with van der Waals surface area (Å²) >= 11 is 0. The van der Waals surface area contributed by atoms with Gasteiger partial charge >= 0.3 is 0 Å². The molecule has 35 heavy (non-hydrogen) atoms. The van der Waals surface area contributed by atoms with Crippen LogP contribution in [0.15, 0.2) is 76.1 Å². The Morgan fingerprint density at radius 2 is 1.77 bits per heavy atom. The van der Waals surface area contributed by atoms with Gasteiger partial charge in [0.25, 0.3) is 0 Å². The minimum absolute atomic E-state index is 0.0915. The molecule has 0 aliphatic carbocycles. The van der Waals surface area contributed by atoms with E-state index in [9.17, 15) is 9.59 Å². The van der Waals surface area contributed by atoms with Gasteiger partial charge in [-0.05, 0) is 35.7 Å². The Morgan fingerprint density at radius 1 is 0.971 bits per heavy atom. The van der Waals surface area contributed by atoms with Crippen molar-refractivity contribution in [2.45, 2.75) is 26.2 Å². The average Bonchev–Trinajstić information content (AvgIpc) is 3.13. The second kappa shape index (κ2) is 10.1. The van der Waals surface area contributed by atoms with E-state index < -0.39 is 0 Å². The molecule has 1 aliphatic heterocycles. The standard InChI is InChI=1S/C29H26O6/c1-2-7-21-14-22-27(16-26(21)35-18-24(30)19-8-4-3-5-9-19)34-17-23(29(22)31)20-10-11-25-28(15-20)33-13-6-12-32-25/h3-5,8-11,14-17H,2,6-7,12-13,18H2,1H3. The van der Waals surface area contributed by atoms with Crippen LogP contribution in [0, 0.1) is 0 Å². The average molecular weight is 471 g/mol. The van der Waals surface area contributed by atoms with E-state index in [4.69, 9.17) is 18.6 Å². The largest absolute Gasteiger partial charge is 0.490 e. The Kier molecular flexibility index (Phi) is 6.53. The van der Waals surface area contributed by atoms with E-state index >= 15 is 0 Å². The van der Waals surface area contributed by atoms with Gasteiger partial charge < -0.3 is 18.6 Å². The Balaban J connectivity index is 1.48. The van der Waals surface area contributed by atoms with Crippen molar-refractivity contribution >= 4 is 16.8 Å². The number of carbonyl (C=O) groups excluding carboxylic acids is 1. The number of hydrogen-bond donors (Lipinski definition) is 0. The molecule has 0 radical (unpaired) electrons. The van der Waals surface area contributed by atoms with Gasteiger partial charge in [0.05, 0.1) is 24.2 Å². The second-order valence-electron chi connectivity index (χ2n) is 8.47. The van der Waals surface area contributed by atoms with Crippen molar-refractivity contribution in [3.05, 3.63) is 88.3 Å². The van der Waals surface area contributed by atoms with Gasteiger partial charge in [-0.3, -0.25) is 9.59 Å². The summed E-state index contributed by atoms with van der Waals surface area (Å²) in [4.78, 5) is 26.0. The van der Waals surface area contributed by atoms with Crippen molar-refractivity contribution in [1.29, 1.82) is 0 Å². The monoisotopic (exact) mass is 470 g/mol. The third kappa shape index (κ3) is 4.78. The number of Topliss-reactive ketones (excluding diaryl/α,β-unsaturated/α-hetero) is 1. The lowest BCUT2D eigenvalue weighted by Gasteiger charge is -2.13. The molecule has 1 aromatic heterocycles. The van der Waals surface area contributed by atoms with E-state index in [0.29, 0.717) is 64.5 Å². The molecule has 1 aliphatic rings. The number of benzene rings is 3. The summed E-state index contributed by atoms with van der Waals surface area (Å²) in [5.41, 5.74) is 2.89. The van der Waals surface area contributed by atoms with E-state index in [1.807, 2.05) is 42.5 Å². The quantitative estimate of drug-likeness (QED) is 0.316. The van der Waals surface area contributed by atoms with Crippen LogP contribution in [0.3, 0.4) is 0 Å². The number of ether oxygens (including phenoxy) is 3. The molecule has 2 heterocycles. The fourth-order valence-electron chi connectivity index (χ4n) is 4.18. The molecule has 0 N–H and O–H groups in total. The Labute approximate surface area is 203 Å². The highest BCUT2D eigenvalue weighted by Gasteiger charge is 2.17. The summed E-state index contributed by atoms with van der Waals surface area (Å²) in [7, 11) is 0. The topological polar surface area (TPSA) is 75.0 Å². The van der Waals surface area contributed by atoms with E-state index in [2.05, 4.69) is 6.92 Å². The maximum atomic E-state index is 13.5. The summed E-state index contributed by atoms with van der Waals surface area (Å²) in [5.74, 6) is 1.74.